The van der Waals surface area contributed by atoms with E-state index in [0.29, 0.717) is 28.3 Å². The highest BCUT2D eigenvalue weighted by Crippen LogP contribution is 2.37. The van der Waals surface area contributed by atoms with Crippen molar-refractivity contribution in [3.63, 3.8) is 0 Å². The standard InChI is InChI=1S/C24H27FN4O5S/c1-5-33-20(30)7-6-18-22(31)23(34-29-18)28-24(35)27-21-16(13(2)3)11-15(25)12-17(21)14-8-9-26-19(10-14)32-4/h8-13,31H,5-7H2,1-4H3,(H2,27,28,35). The van der Waals surface area contributed by atoms with Crippen molar-refractivity contribution in [2.45, 2.75) is 39.5 Å². The zero-order valence-corrected chi connectivity index (χ0v) is 20.7. The Morgan fingerprint density at radius 2 is 2.06 bits per heavy atom. The molecule has 3 rings (SSSR count). The topological polar surface area (TPSA) is 119 Å². The predicted octanol–water partition coefficient (Wildman–Crippen LogP) is 5.02. The summed E-state index contributed by atoms with van der Waals surface area (Å²) in [6.45, 7) is 5.85. The number of anilines is 2. The average molecular weight is 503 g/mol. The van der Waals surface area contributed by atoms with Crippen molar-refractivity contribution in [1.82, 2.24) is 10.1 Å². The van der Waals surface area contributed by atoms with E-state index in [1.165, 1.54) is 19.2 Å². The maximum absolute atomic E-state index is 14.5. The molecule has 0 saturated carbocycles. The molecule has 0 fully saturated rings. The summed E-state index contributed by atoms with van der Waals surface area (Å²) < 4.78 is 29.8. The van der Waals surface area contributed by atoms with Crippen molar-refractivity contribution in [3.8, 4) is 22.8 Å². The average Bonchev–Trinajstić information content (AvgIpc) is 3.17. The number of carbonyl (C=O) groups excluding carboxylic acids is 1. The Hall–Kier alpha value is -3.73. The monoisotopic (exact) mass is 502 g/mol. The van der Waals surface area contributed by atoms with Crippen molar-refractivity contribution in [1.29, 1.82) is 0 Å². The zero-order chi connectivity index (χ0) is 25.5. The first kappa shape index (κ1) is 25.9. The highest BCUT2D eigenvalue weighted by molar-refractivity contribution is 7.80. The minimum absolute atomic E-state index is 0.0355. The van der Waals surface area contributed by atoms with Crippen molar-refractivity contribution < 1.29 is 28.3 Å². The Labute approximate surface area is 207 Å². The van der Waals surface area contributed by atoms with Gasteiger partial charge in [0, 0.05) is 24.2 Å². The van der Waals surface area contributed by atoms with Crippen molar-refractivity contribution in [2.24, 2.45) is 0 Å². The van der Waals surface area contributed by atoms with E-state index in [0.717, 1.165) is 0 Å². The minimum Gasteiger partial charge on any atom is -0.502 e. The molecule has 0 spiro atoms. The van der Waals surface area contributed by atoms with Crippen molar-refractivity contribution >= 4 is 34.9 Å². The molecule has 0 aliphatic rings. The molecule has 0 aliphatic heterocycles. The maximum Gasteiger partial charge on any atom is 0.306 e. The van der Waals surface area contributed by atoms with Gasteiger partial charge >= 0.3 is 5.97 Å². The predicted molar refractivity (Wildman–Crippen MR) is 133 cm³/mol. The van der Waals surface area contributed by atoms with Crippen LogP contribution in [-0.4, -0.2) is 40.0 Å². The second kappa shape index (κ2) is 11.6. The van der Waals surface area contributed by atoms with Crippen LogP contribution in [0.5, 0.6) is 11.6 Å². The number of carbonyl (C=O) groups is 1. The molecule has 2 heterocycles. The number of hydrogen-bond acceptors (Lipinski definition) is 8. The molecule has 35 heavy (non-hydrogen) atoms. The summed E-state index contributed by atoms with van der Waals surface area (Å²) in [5.41, 5.74) is 2.69. The van der Waals surface area contributed by atoms with E-state index < -0.39 is 11.8 Å². The lowest BCUT2D eigenvalue weighted by molar-refractivity contribution is -0.143. The van der Waals surface area contributed by atoms with E-state index in [9.17, 15) is 14.3 Å². The van der Waals surface area contributed by atoms with Crippen LogP contribution in [0.25, 0.3) is 11.1 Å². The number of nitrogens with one attached hydrogen (secondary N) is 2. The van der Waals surface area contributed by atoms with Gasteiger partial charge in [0.2, 0.25) is 11.6 Å². The Balaban J connectivity index is 1.86. The fourth-order valence-electron chi connectivity index (χ4n) is 3.40. The molecule has 0 unspecified atom stereocenters. The van der Waals surface area contributed by atoms with E-state index in [2.05, 4.69) is 20.8 Å². The molecule has 2 aromatic heterocycles. The minimum atomic E-state index is -0.403. The van der Waals surface area contributed by atoms with E-state index >= 15 is 0 Å². The number of aromatic hydroxyl groups is 1. The lowest BCUT2D eigenvalue weighted by Crippen LogP contribution is -2.20. The molecule has 0 aliphatic carbocycles. The van der Waals surface area contributed by atoms with E-state index in [1.54, 1.807) is 25.3 Å². The molecular weight excluding hydrogens is 475 g/mol. The molecule has 11 heteroatoms. The number of methoxy groups -OCH3 is 1. The van der Waals surface area contributed by atoms with Crippen LogP contribution in [0.1, 0.15) is 44.4 Å². The zero-order valence-electron chi connectivity index (χ0n) is 19.8. The maximum atomic E-state index is 14.5. The first-order chi connectivity index (χ1) is 16.7. The van der Waals surface area contributed by atoms with E-state index in [-0.39, 0.29) is 47.8 Å². The molecule has 0 bridgehead atoms. The van der Waals surface area contributed by atoms with Crippen LogP contribution >= 0.6 is 12.2 Å². The van der Waals surface area contributed by atoms with Gasteiger partial charge in [-0.2, -0.15) is 0 Å². The Bertz CT molecular complexity index is 1210. The number of esters is 1. The number of halogens is 1. The first-order valence-electron chi connectivity index (χ1n) is 11.0. The number of nitrogens with zero attached hydrogens (tertiary/aromatic N) is 2. The number of pyridine rings is 1. The van der Waals surface area contributed by atoms with Gasteiger partial charge in [-0.15, -0.1) is 0 Å². The van der Waals surface area contributed by atoms with Crippen molar-refractivity contribution in [3.05, 3.63) is 47.5 Å². The van der Waals surface area contributed by atoms with Crippen LogP contribution in [0.2, 0.25) is 0 Å². The van der Waals surface area contributed by atoms with Gasteiger partial charge in [0.1, 0.15) is 11.5 Å². The molecule has 3 N–H and O–H groups in total. The summed E-state index contributed by atoms with van der Waals surface area (Å²) in [5, 5.41) is 20.2. The number of rotatable bonds is 9. The summed E-state index contributed by atoms with van der Waals surface area (Å²) in [6.07, 6.45) is 1.75. The quantitative estimate of drug-likeness (QED) is 0.272. The van der Waals surface area contributed by atoms with Crippen LogP contribution in [-0.2, 0) is 16.0 Å². The molecule has 3 aromatic rings. The van der Waals surface area contributed by atoms with Gasteiger partial charge in [-0.05, 0) is 54.4 Å². The summed E-state index contributed by atoms with van der Waals surface area (Å²) in [7, 11) is 1.50. The SMILES string of the molecule is CCOC(=O)CCc1noc(NC(=S)Nc2c(-c3ccnc(OC)c3)cc(F)cc2C(C)C)c1O. The smallest absolute Gasteiger partial charge is 0.306 e. The molecule has 0 saturated heterocycles. The van der Waals surface area contributed by atoms with Gasteiger partial charge in [0.25, 0.3) is 5.88 Å². The van der Waals surface area contributed by atoms with Crippen LogP contribution in [0.15, 0.2) is 35.0 Å². The van der Waals surface area contributed by atoms with E-state index in [4.69, 9.17) is 26.2 Å². The summed E-state index contributed by atoms with van der Waals surface area (Å²) in [5.74, 6) is -0.803. The Morgan fingerprint density at radius 1 is 1.29 bits per heavy atom. The van der Waals surface area contributed by atoms with Gasteiger partial charge in [-0.25, -0.2) is 9.37 Å². The number of hydrogen-bond donors (Lipinski definition) is 3. The van der Waals surface area contributed by atoms with Gasteiger partial charge in [-0.1, -0.05) is 19.0 Å². The fourth-order valence-corrected chi connectivity index (χ4v) is 3.60. The highest BCUT2D eigenvalue weighted by Gasteiger charge is 2.20. The summed E-state index contributed by atoms with van der Waals surface area (Å²) in [4.78, 5) is 15.7. The number of thiocarbonyl (C=S) groups is 1. The second-order valence-corrected chi connectivity index (χ2v) is 8.26. The van der Waals surface area contributed by atoms with Gasteiger partial charge < -0.3 is 24.4 Å². The normalized spacial score (nSPS) is 10.8. The third kappa shape index (κ3) is 6.44. The molecule has 0 atom stereocenters. The number of benzene rings is 1. The van der Waals surface area contributed by atoms with Gasteiger partial charge in [-0.3, -0.25) is 10.1 Å². The van der Waals surface area contributed by atoms with Gasteiger partial charge in [0.05, 0.1) is 25.8 Å². The number of aryl methyl sites for hydroxylation is 1. The van der Waals surface area contributed by atoms with Gasteiger partial charge in [0.15, 0.2) is 5.11 Å². The molecular formula is C24H27FN4O5S. The third-order valence-corrected chi connectivity index (χ3v) is 5.29. The largest absolute Gasteiger partial charge is 0.502 e. The highest BCUT2D eigenvalue weighted by atomic mass is 32.1. The first-order valence-corrected chi connectivity index (χ1v) is 11.4. The number of ether oxygens (including phenoxy) is 2. The molecule has 0 amide bonds. The molecule has 1 aromatic carbocycles. The Kier molecular flexibility index (Phi) is 8.58. The van der Waals surface area contributed by atoms with Crippen LogP contribution in [0, 0.1) is 5.82 Å². The van der Waals surface area contributed by atoms with Crippen LogP contribution in [0.4, 0.5) is 16.0 Å². The fraction of sp³-hybridized carbons (Fsp3) is 0.333. The lowest BCUT2D eigenvalue weighted by atomic mass is 9.94. The Morgan fingerprint density at radius 3 is 2.74 bits per heavy atom. The lowest BCUT2D eigenvalue weighted by Gasteiger charge is -2.20. The number of aromatic nitrogens is 2. The molecule has 9 nitrogen and oxygen atoms in total. The summed E-state index contributed by atoms with van der Waals surface area (Å²) in [6, 6.07) is 6.27. The summed E-state index contributed by atoms with van der Waals surface area (Å²) >= 11 is 5.44. The second-order valence-electron chi connectivity index (χ2n) is 7.85. The van der Waals surface area contributed by atoms with Crippen molar-refractivity contribution in [2.75, 3.05) is 24.4 Å². The molecule has 0 radical (unpaired) electrons. The van der Waals surface area contributed by atoms with E-state index in [1.807, 2.05) is 13.8 Å². The van der Waals surface area contributed by atoms with Crippen LogP contribution < -0.4 is 15.4 Å². The molecule has 186 valence electrons. The third-order valence-electron chi connectivity index (χ3n) is 5.08. The van der Waals surface area contributed by atoms with Crippen LogP contribution in [0.3, 0.4) is 0 Å².